The van der Waals surface area contributed by atoms with Gasteiger partial charge in [0.05, 0.1) is 27.8 Å². The standard InChI is InChI=1S/C17H19Cl2N3O3/c1-2-20-15(23)10-3-5-21(6-4-10)9-22-16(24)11-7-13(18)14(19)8-12(11)17(22)25/h7-8,10H,2-6,9H2,1H3,(H,20,23). The summed E-state index contributed by atoms with van der Waals surface area (Å²) in [6.07, 6.45) is 1.43. The summed E-state index contributed by atoms with van der Waals surface area (Å²) < 4.78 is 0. The van der Waals surface area contributed by atoms with Crippen molar-refractivity contribution in [2.24, 2.45) is 5.92 Å². The van der Waals surface area contributed by atoms with E-state index in [2.05, 4.69) is 5.32 Å². The summed E-state index contributed by atoms with van der Waals surface area (Å²) in [7, 11) is 0. The molecule has 0 atom stereocenters. The van der Waals surface area contributed by atoms with Crippen molar-refractivity contribution in [3.05, 3.63) is 33.3 Å². The molecule has 2 heterocycles. The molecule has 0 aromatic heterocycles. The Morgan fingerprint density at radius 2 is 1.64 bits per heavy atom. The molecule has 8 heteroatoms. The maximum absolute atomic E-state index is 12.5. The van der Waals surface area contributed by atoms with E-state index in [0.29, 0.717) is 32.5 Å². The van der Waals surface area contributed by atoms with Gasteiger partial charge in [-0.25, -0.2) is 0 Å². The Labute approximate surface area is 156 Å². The molecule has 6 nitrogen and oxygen atoms in total. The van der Waals surface area contributed by atoms with E-state index in [1.54, 1.807) is 0 Å². The lowest BCUT2D eigenvalue weighted by molar-refractivity contribution is -0.126. The van der Waals surface area contributed by atoms with Crippen LogP contribution in [0.15, 0.2) is 12.1 Å². The van der Waals surface area contributed by atoms with Crippen LogP contribution in [-0.2, 0) is 4.79 Å². The number of carbonyl (C=O) groups is 3. The van der Waals surface area contributed by atoms with E-state index >= 15 is 0 Å². The van der Waals surface area contributed by atoms with Crippen LogP contribution in [0.1, 0.15) is 40.5 Å². The van der Waals surface area contributed by atoms with Crippen molar-refractivity contribution < 1.29 is 14.4 Å². The number of piperidine rings is 1. The quantitative estimate of drug-likeness (QED) is 0.810. The molecule has 1 N–H and O–H groups in total. The number of hydrogen-bond acceptors (Lipinski definition) is 4. The van der Waals surface area contributed by atoms with E-state index in [1.807, 2.05) is 11.8 Å². The number of imide groups is 1. The third-order valence-corrected chi connectivity index (χ3v) is 5.38. The molecule has 3 amide bonds. The van der Waals surface area contributed by atoms with Crippen molar-refractivity contribution in [1.82, 2.24) is 15.1 Å². The van der Waals surface area contributed by atoms with Crippen LogP contribution in [-0.4, -0.2) is 53.8 Å². The fourth-order valence-electron chi connectivity index (χ4n) is 3.27. The van der Waals surface area contributed by atoms with Gasteiger partial charge in [0.25, 0.3) is 11.8 Å². The van der Waals surface area contributed by atoms with Gasteiger partial charge in [-0.2, -0.15) is 0 Å². The Bertz CT molecular complexity index is 689. The summed E-state index contributed by atoms with van der Waals surface area (Å²) in [5.41, 5.74) is 0.577. The molecule has 0 bridgehead atoms. The summed E-state index contributed by atoms with van der Waals surface area (Å²) in [4.78, 5) is 40.1. The number of carbonyl (C=O) groups excluding carboxylic acids is 3. The zero-order valence-corrected chi connectivity index (χ0v) is 15.4. The average Bonchev–Trinajstić information content (AvgIpc) is 2.81. The molecule has 2 aliphatic rings. The molecule has 134 valence electrons. The van der Waals surface area contributed by atoms with Crippen molar-refractivity contribution >= 4 is 40.9 Å². The van der Waals surface area contributed by atoms with Gasteiger partial charge in [-0.15, -0.1) is 0 Å². The lowest BCUT2D eigenvalue weighted by Crippen LogP contribution is -2.46. The van der Waals surface area contributed by atoms with Crippen molar-refractivity contribution in [3.8, 4) is 0 Å². The predicted molar refractivity (Wildman–Crippen MR) is 94.8 cm³/mol. The Morgan fingerprint density at radius 1 is 1.12 bits per heavy atom. The first kappa shape index (κ1) is 18.2. The Hall–Kier alpha value is -1.63. The third-order valence-electron chi connectivity index (χ3n) is 4.66. The second-order valence-corrected chi connectivity index (χ2v) is 7.09. The lowest BCUT2D eigenvalue weighted by atomic mass is 9.96. The van der Waals surface area contributed by atoms with Gasteiger partial charge in [0.15, 0.2) is 0 Å². The minimum atomic E-state index is -0.357. The molecule has 0 spiro atoms. The van der Waals surface area contributed by atoms with Gasteiger partial charge >= 0.3 is 0 Å². The molecule has 0 radical (unpaired) electrons. The molecule has 0 aliphatic carbocycles. The highest BCUT2D eigenvalue weighted by Gasteiger charge is 2.38. The molecule has 1 fully saturated rings. The number of fused-ring (bicyclic) bond motifs is 1. The molecule has 0 unspecified atom stereocenters. The van der Waals surface area contributed by atoms with Crippen LogP contribution >= 0.6 is 23.2 Å². The molecule has 0 saturated carbocycles. The van der Waals surface area contributed by atoms with Crippen LogP contribution in [0.3, 0.4) is 0 Å². The van der Waals surface area contributed by atoms with Gasteiger partial charge < -0.3 is 5.32 Å². The van der Waals surface area contributed by atoms with Crippen molar-refractivity contribution in [2.45, 2.75) is 19.8 Å². The Morgan fingerprint density at radius 3 is 2.12 bits per heavy atom. The lowest BCUT2D eigenvalue weighted by Gasteiger charge is -2.33. The number of nitrogens with one attached hydrogen (secondary N) is 1. The molecule has 2 aliphatic heterocycles. The van der Waals surface area contributed by atoms with Gasteiger partial charge in [0.2, 0.25) is 5.91 Å². The zero-order valence-electron chi connectivity index (χ0n) is 13.8. The number of rotatable bonds is 4. The number of likely N-dealkylation sites (tertiary alicyclic amines) is 1. The van der Waals surface area contributed by atoms with Gasteiger partial charge in [-0.05, 0) is 31.9 Å². The molecular formula is C17H19Cl2N3O3. The summed E-state index contributed by atoms with van der Waals surface area (Å²) in [6.45, 7) is 4.06. The second kappa shape index (κ2) is 7.32. The normalized spacial score (nSPS) is 18.6. The highest BCUT2D eigenvalue weighted by molar-refractivity contribution is 6.43. The van der Waals surface area contributed by atoms with Crippen LogP contribution in [0.5, 0.6) is 0 Å². The minimum Gasteiger partial charge on any atom is -0.356 e. The molecule has 3 rings (SSSR count). The van der Waals surface area contributed by atoms with E-state index in [1.165, 1.54) is 17.0 Å². The van der Waals surface area contributed by atoms with Gasteiger partial charge in [0.1, 0.15) is 0 Å². The first-order chi connectivity index (χ1) is 11.9. The highest BCUT2D eigenvalue weighted by Crippen LogP contribution is 2.32. The fourth-order valence-corrected chi connectivity index (χ4v) is 3.59. The summed E-state index contributed by atoms with van der Waals surface area (Å²) in [6, 6.07) is 2.89. The molecule has 1 saturated heterocycles. The number of benzene rings is 1. The number of amides is 3. The zero-order chi connectivity index (χ0) is 18.1. The smallest absolute Gasteiger partial charge is 0.262 e. The van der Waals surface area contributed by atoms with E-state index in [-0.39, 0.29) is 51.5 Å². The van der Waals surface area contributed by atoms with Crippen molar-refractivity contribution in [1.29, 1.82) is 0 Å². The molecule has 25 heavy (non-hydrogen) atoms. The summed E-state index contributed by atoms with van der Waals surface area (Å²) in [5, 5.41) is 3.35. The largest absolute Gasteiger partial charge is 0.356 e. The van der Waals surface area contributed by atoms with Gasteiger partial charge in [-0.3, -0.25) is 24.2 Å². The first-order valence-corrected chi connectivity index (χ1v) is 9.03. The predicted octanol–water partition coefficient (Wildman–Crippen LogP) is 2.40. The van der Waals surface area contributed by atoms with Crippen LogP contribution in [0.2, 0.25) is 10.0 Å². The topological polar surface area (TPSA) is 69.7 Å². The van der Waals surface area contributed by atoms with E-state index in [4.69, 9.17) is 23.2 Å². The van der Waals surface area contributed by atoms with Crippen molar-refractivity contribution in [3.63, 3.8) is 0 Å². The summed E-state index contributed by atoms with van der Waals surface area (Å²) in [5.74, 6) is -0.642. The SMILES string of the molecule is CCNC(=O)C1CCN(CN2C(=O)c3cc(Cl)c(Cl)cc3C2=O)CC1. The Balaban J connectivity index is 1.64. The molecular weight excluding hydrogens is 365 g/mol. The minimum absolute atomic E-state index is 0.00371. The number of hydrogen-bond donors (Lipinski definition) is 1. The first-order valence-electron chi connectivity index (χ1n) is 8.27. The van der Waals surface area contributed by atoms with Crippen LogP contribution in [0.25, 0.3) is 0 Å². The Kier molecular flexibility index (Phi) is 5.32. The molecule has 1 aromatic rings. The number of nitrogens with zero attached hydrogens (tertiary/aromatic N) is 2. The maximum atomic E-state index is 12.5. The van der Waals surface area contributed by atoms with Crippen molar-refractivity contribution in [2.75, 3.05) is 26.3 Å². The second-order valence-electron chi connectivity index (χ2n) is 6.28. The van der Waals surface area contributed by atoms with Gasteiger partial charge in [-0.1, -0.05) is 23.2 Å². The monoisotopic (exact) mass is 383 g/mol. The molecule has 1 aromatic carbocycles. The summed E-state index contributed by atoms with van der Waals surface area (Å²) >= 11 is 11.9. The third kappa shape index (κ3) is 3.52. The number of halogens is 2. The van der Waals surface area contributed by atoms with Crippen LogP contribution in [0.4, 0.5) is 0 Å². The van der Waals surface area contributed by atoms with E-state index in [0.717, 1.165) is 0 Å². The average molecular weight is 384 g/mol. The van der Waals surface area contributed by atoms with Gasteiger partial charge in [0, 0.05) is 25.6 Å². The van der Waals surface area contributed by atoms with E-state index in [9.17, 15) is 14.4 Å². The highest BCUT2D eigenvalue weighted by atomic mass is 35.5. The van der Waals surface area contributed by atoms with E-state index < -0.39 is 0 Å². The maximum Gasteiger partial charge on any atom is 0.262 e. The van der Waals surface area contributed by atoms with Crippen LogP contribution in [0, 0.1) is 5.92 Å². The fraction of sp³-hybridized carbons (Fsp3) is 0.471. The van der Waals surface area contributed by atoms with Crippen LogP contribution < -0.4 is 5.32 Å².